The maximum atomic E-state index is 10.2. The van der Waals surface area contributed by atoms with Crippen molar-refractivity contribution >= 4 is 0 Å². The first-order valence-electron chi connectivity index (χ1n) is 6.62. The highest BCUT2D eigenvalue weighted by molar-refractivity contribution is 5.55. The van der Waals surface area contributed by atoms with Gasteiger partial charge in [0.25, 0.3) is 0 Å². The highest BCUT2D eigenvalue weighted by atomic mass is 16.3. The van der Waals surface area contributed by atoms with Crippen LogP contribution >= 0.6 is 0 Å². The van der Waals surface area contributed by atoms with Crippen molar-refractivity contribution in [3.63, 3.8) is 0 Å². The van der Waals surface area contributed by atoms with Crippen LogP contribution in [0.1, 0.15) is 31.7 Å². The fourth-order valence-electron chi connectivity index (χ4n) is 2.81. The minimum atomic E-state index is -0.240. The zero-order valence-electron chi connectivity index (χ0n) is 10.4. The molecule has 1 aromatic carbocycles. The maximum Gasteiger partial charge on any atom is 0.140 e. The molecule has 1 N–H and O–H groups in total. The van der Waals surface area contributed by atoms with E-state index in [1.54, 1.807) is 0 Å². The molecule has 0 radical (unpaired) electrons. The lowest BCUT2D eigenvalue weighted by molar-refractivity contribution is 0.0762. The van der Waals surface area contributed by atoms with Crippen LogP contribution in [-0.2, 0) is 0 Å². The number of imidazole rings is 1. The van der Waals surface area contributed by atoms with Gasteiger partial charge < -0.3 is 9.67 Å². The van der Waals surface area contributed by atoms with Gasteiger partial charge in [0.2, 0.25) is 0 Å². The number of benzene rings is 1. The Morgan fingerprint density at radius 2 is 1.89 bits per heavy atom. The molecule has 0 saturated heterocycles. The minimum Gasteiger partial charge on any atom is -0.391 e. The van der Waals surface area contributed by atoms with E-state index in [2.05, 4.69) is 21.7 Å². The average molecular weight is 242 g/mol. The lowest BCUT2D eigenvalue weighted by Gasteiger charge is -2.29. The van der Waals surface area contributed by atoms with Gasteiger partial charge in [0, 0.05) is 18.0 Å². The fourth-order valence-corrected chi connectivity index (χ4v) is 2.81. The van der Waals surface area contributed by atoms with E-state index in [-0.39, 0.29) is 12.1 Å². The average Bonchev–Trinajstić information content (AvgIpc) is 2.89. The van der Waals surface area contributed by atoms with Crippen LogP contribution in [0.2, 0.25) is 0 Å². The van der Waals surface area contributed by atoms with Crippen LogP contribution < -0.4 is 0 Å². The third kappa shape index (κ3) is 2.06. The highest BCUT2D eigenvalue weighted by Gasteiger charge is 2.26. The van der Waals surface area contributed by atoms with E-state index >= 15 is 0 Å². The van der Waals surface area contributed by atoms with Crippen molar-refractivity contribution in [2.45, 2.75) is 37.8 Å². The Balaban J connectivity index is 1.96. The summed E-state index contributed by atoms with van der Waals surface area (Å²) in [4.78, 5) is 4.45. The first-order valence-corrected chi connectivity index (χ1v) is 6.62. The molecule has 2 aromatic rings. The summed E-state index contributed by atoms with van der Waals surface area (Å²) < 4.78 is 2.14. The van der Waals surface area contributed by atoms with Crippen LogP contribution in [0.5, 0.6) is 0 Å². The molecule has 0 spiro atoms. The van der Waals surface area contributed by atoms with Gasteiger partial charge in [-0.3, -0.25) is 0 Å². The number of aliphatic hydroxyl groups is 1. The molecule has 0 amide bonds. The third-order valence-electron chi connectivity index (χ3n) is 3.75. The summed E-state index contributed by atoms with van der Waals surface area (Å²) in [5.74, 6) is 0.960. The summed E-state index contributed by atoms with van der Waals surface area (Å²) >= 11 is 0. The van der Waals surface area contributed by atoms with Crippen molar-refractivity contribution in [3.05, 3.63) is 42.7 Å². The Morgan fingerprint density at radius 3 is 2.67 bits per heavy atom. The molecule has 0 bridgehead atoms. The number of aromatic nitrogens is 2. The van der Waals surface area contributed by atoms with Crippen LogP contribution in [-0.4, -0.2) is 20.8 Å². The van der Waals surface area contributed by atoms with E-state index in [9.17, 15) is 5.11 Å². The Hall–Kier alpha value is -1.61. The number of nitrogens with zero attached hydrogens (tertiary/aromatic N) is 2. The zero-order valence-corrected chi connectivity index (χ0v) is 10.4. The van der Waals surface area contributed by atoms with Crippen LogP contribution in [0.3, 0.4) is 0 Å². The van der Waals surface area contributed by atoms with E-state index in [0.717, 1.165) is 30.7 Å². The maximum absolute atomic E-state index is 10.2. The Kier molecular flexibility index (Phi) is 3.15. The van der Waals surface area contributed by atoms with Crippen LogP contribution in [0.25, 0.3) is 11.4 Å². The Bertz CT molecular complexity index is 506. The van der Waals surface area contributed by atoms with Crippen molar-refractivity contribution < 1.29 is 5.11 Å². The molecule has 3 heteroatoms. The molecular weight excluding hydrogens is 224 g/mol. The summed E-state index contributed by atoms with van der Waals surface area (Å²) in [7, 11) is 0. The Labute approximate surface area is 107 Å². The van der Waals surface area contributed by atoms with Gasteiger partial charge >= 0.3 is 0 Å². The van der Waals surface area contributed by atoms with Crippen molar-refractivity contribution in [2.75, 3.05) is 0 Å². The number of hydrogen-bond acceptors (Lipinski definition) is 2. The topological polar surface area (TPSA) is 38.0 Å². The molecule has 1 fully saturated rings. The largest absolute Gasteiger partial charge is 0.391 e. The molecule has 18 heavy (non-hydrogen) atoms. The molecule has 0 unspecified atom stereocenters. The number of hydrogen-bond donors (Lipinski definition) is 1. The normalized spacial score (nSPS) is 24.1. The summed E-state index contributed by atoms with van der Waals surface area (Å²) in [6.07, 6.45) is 7.83. The summed E-state index contributed by atoms with van der Waals surface area (Å²) in [5.41, 5.74) is 1.11. The lowest BCUT2D eigenvalue weighted by Crippen LogP contribution is -2.27. The molecule has 3 rings (SSSR count). The summed E-state index contributed by atoms with van der Waals surface area (Å²) in [6.45, 7) is 0. The monoisotopic (exact) mass is 242 g/mol. The molecule has 1 aliphatic rings. The first kappa shape index (κ1) is 11.5. The van der Waals surface area contributed by atoms with Crippen molar-refractivity contribution in [2.24, 2.45) is 0 Å². The summed E-state index contributed by atoms with van der Waals surface area (Å²) in [5, 5.41) is 10.2. The molecule has 3 nitrogen and oxygen atoms in total. The second kappa shape index (κ2) is 4.94. The predicted octanol–water partition coefficient (Wildman–Crippen LogP) is 3.03. The van der Waals surface area contributed by atoms with Gasteiger partial charge in [0.1, 0.15) is 5.82 Å². The summed E-state index contributed by atoms with van der Waals surface area (Å²) in [6, 6.07) is 10.3. The molecular formula is C15H18N2O. The molecule has 1 heterocycles. The molecule has 1 saturated carbocycles. The number of rotatable bonds is 2. The second-order valence-corrected chi connectivity index (χ2v) is 4.94. The molecule has 1 aliphatic carbocycles. The van der Waals surface area contributed by atoms with Gasteiger partial charge in [0.15, 0.2) is 0 Å². The van der Waals surface area contributed by atoms with E-state index in [4.69, 9.17) is 0 Å². The smallest absolute Gasteiger partial charge is 0.140 e. The van der Waals surface area contributed by atoms with Crippen LogP contribution in [0.4, 0.5) is 0 Å². The van der Waals surface area contributed by atoms with Gasteiger partial charge in [-0.2, -0.15) is 0 Å². The quantitative estimate of drug-likeness (QED) is 0.879. The van der Waals surface area contributed by atoms with Gasteiger partial charge in [-0.05, 0) is 12.8 Å². The van der Waals surface area contributed by atoms with Crippen molar-refractivity contribution in [1.29, 1.82) is 0 Å². The Morgan fingerprint density at radius 1 is 1.11 bits per heavy atom. The SMILES string of the molecule is O[C@@H]1CCCC[C@H]1n1ccnc1-c1ccccc1. The zero-order chi connectivity index (χ0) is 12.4. The fraction of sp³-hybridized carbons (Fsp3) is 0.400. The van der Waals surface area contributed by atoms with Gasteiger partial charge in [-0.1, -0.05) is 43.2 Å². The molecule has 1 aromatic heterocycles. The lowest BCUT2D eigenvalue weighted by atomic mass is 9.92. The molecule has 2 atom stereocenters. The van der Waals surface area contributed by atoms with Gasteiger partial charge in [-0.15, -0.1) is 0 Å². The highest BCUT2D eigenvalue weighted by Crippen LogP contribution is 2.32. The number of aliphatic hydroxyl groups excluding tert-OH is 1. The van der Waals surface area contributed by atoms with Gasteiger partial charge in [-0.25, -0.2) is 4.98 Å². The molecule has 94 valence electrons. The van der Waals surface area contributed by atoms with Crippen LogP contribution in [0.15, 0.2) is 42.7 Å². The van der Waals surface area contributed by atoms with E-state index in [1.807, 2.05) is 30.6 Å². The molecule has 0 aliphatic heterocycles. The van der Waals surface area contributed by atoms with Crippen molar-refractivity contribution in [1.82, 2.24) is 9.55 Å². The van der Waals surface area contributed by atoms with Gasteiger partial charge in [0.05, 0.1) is 12.1 Å². The minimum absolute atomic E-state index is 0.177. The van der Waals surface area contributed by atoms with Crippen LogP contribution in [0, 0.1) is 0 Å². The third-order valence-corrected chi connectivity index (χ3v) is 3.75. The van der Waals surface area contributed by atoms with E-state index in [0.29, 0.717) is 0 Å². The van der Waals surface area contributed by atoms with E-state index in [1.165, 1.54) is 6.42 Å². The van der Waals surface area contributed by atoms with E-state index < -0.39 is 0 Å². The standard InChI is InChI=1S/C15H18N2O/c18-14-9-5-4-8-13(14)17-11-10-16-15(17)12-6-2-1-3-7-12/h1-3,6-7,10-11,13-14,18H,4-5,8-9H2/t13-,14-/m1/s1. The first-order chi connectivity index (χ1) is 8.86. The predicted molar refractivity (Wildman–Crippen MR) is 71.2 cm³/mol. The second-order valence-electron chi connectivity index (χ2n) is 4.94. The van der Waals surface area contributed by atoms with Crippen molar-refractivity contribution in [3.8, 4) is 11.4 Å².